The smallest absolute Gasteiger partial charge is 0.408 e. The van der Waals surface area contributed by atoms with Crippen molar-refractivity contribution >= 4 is 27.7 Å². The lowest BCUT2D eigenvalue weighted by atomic mass is 9.72. The number of alkyl carbamates (subject to hydrolysis) is 1. The molecular formula is C34H56N4O7S. The highest BCUT2D eigenvalue weighted by Gasteiger charge is 2.46. The maximum absolute atomic E-state index is 13.9. The number of aliphatic hydroxyl groups is 1. The number of carbonyl (C=O) groups excluding carboxylic acids is 3. The highest BCUT2D eigenvalue weighted by molar-refractivity contribution is 7.92. The van der Waals surface area contributed by atoms with Crippen LogP contribution >= 0.6 is 0 Å². The van der Waals surface area contributed by atoms with Gasteiger partial charge >= 0.3 is 6.09 Å². The van der Waals surface area contributed by atoms with Crippen molar-refractivity contribution in [3.05, 3.63) is 35.9 Å². The number of sulfone groups is 1. The fourth-order valence-electron chi connectivity index (χ4n) is 6.55. The van der Waals surface area contributed by atoms with Crippen LogP contribution in [-0.4, -0.2) is 96.3 Å². The zero-order valence-corrected chi connectivity index (χ0v) is 29.7. The molecule has 11 nitrogen and oxygen atoms in total. The van der Waals surface area contributed by atoms with Crippen LogP contribution in [0.5, 0.6) is 0 Å². The SMILES string of the molecule is CC(C)OC(=O)NC(C(=O)NC(Cc1ccccc1)C(O)CN1CC2CCCCC2CC1C(=O)NC(C)(C)C)C(C)(C)S(C)(=O)=O. The van der Waals surface area contributed by atoms with Gasteiger partial charge in [-0.15, -0.1) is 0 Å². The van der Waals surface area contributed by atoms with E-state index in [0.29, 0.717) is 24.8 Å². The van der Waals surface area contributed by atoms with E-state index < -0.39 is 62.5 Å². The van der Waals surface area contributed by atoms with Crippen LogP contribution < -0.4 is 16.0 Å². The lowest BCUT2D eigenvalue weighted by Gasteiger charge is -2.47. The number of amides is 3. The Bertz CT molecular complexity index is 1300. The third-order valence-electron chi connectivity index (χ3n) is 9.33. The molecule has 1 heterocycles. The number of benzene rings is 1. The molecule has 3 rings (SSSR count). The van der Waals surface area contributed by atoms with E-state index in [0.717, 1.165) is 37.5 Å². The summed E-state index contributed by atoms with van der Waals surface area (Å²) >= 11 is 0. The molecule has 260 valence electrons. The van der Waals surface area contributed by atoms with Crippen LogP contribution in [0.25, 0.3) is 0 Å². The molecule has 2 fully saturated rings. The van der Waals surface area contributed by atoms with Crippen molar-refractivity contribution in [3.63, 3.8) is 0 Å². The van der Waals surface area contributed by atoms with Crippen LogP contribution in [0.2, 0.25) is 0 Å². The van der Waals surface area contributed by atoms with E-state index >= 15 is 0 Å². The Labute approximate surface area is 275 Å². The first-order valence-electron chi connectivity index (χ1n) is 16.5. The normalized spacial score (nSPS) is 23.0. The predicted octanol–water partition coefficient (Wildman–Crippen LogP) is 3.20. The van der Waals surface area contributed by atoms with Gasteiger partial charge in [0, 0.05) is 24.9 Å². The monoisotopic (exact) mass is 664 g/mol. The van der Waals surface area contributed by atoms with Gasteiger partial charge in [-0.2, -0.15) is 0 Å². The van der Waals surface area contributed by atoms with Crippen LogP contribution in [0.15, 0.2) is 30.3 Å². The van der Waals surface area contributed by atoms with Crippen LogP contribution in [0.1, 0.15) is 86.1 Å². The Morgan fingerprint density at radius 2 is 1.61 bits per heavy atom. The summed E-state index contributed by atoms with van der Waals surface area (Å²) in [7, 11) is -3.85. The second-order valence-electron chi connectivity index (χ2n) is 15.0. The van der Waals surface area contributed by atoms with Gasteiger partial charge < -0.3 is 25.8 Å². The minimum atomic E-state index is -3.85. The number of β-amino-alcohol motifs (C(OH)–C–C–N with tert-alkyl or cyclic N) is 1. The van der Waals surface area contributed by atoms with Crippen molar-refractivity contribution in [2.24, 2.45) is 11.8 Å². The van der Waals surface area contributed by atoms with Gasteiger partial charge in [0.05, 0.1) is 29.0 Å². The minimum absolute atomic E-state index is 0.0739. The third-order valence-corrected chi connectivity index (χ3v) is 11.5. The topological polar surface area (TPSA) is 154 Å². The summed E-state index contributed by atoms with van der Waals surface area (Å²) in [6.07, 6.45) is 3.92. The van der Waals surface area contributed by atoms with E-state index in [1.165, 1.54) is 13.8 Å². The number of likely N-dealkylation sites (tertiary alicyclic amines) is 1. The van der Waals surface area contributed by atoms with Gasteiger partial charge in [0.1, 0.15) is 6.04 Å². The molecule has 1 aromatic carbocycles. The number of hydrogen-bond donors (Lipinski definition) is 4. The Kier molecular flexibility index (Phi) is 12.7. The molecule has 0 aromatic heterocycles. The Hall–Kier alpha value is -2.70. The quantitative estimate of drug-likeness (QED) is 0.266. The second-order valence-corrected chi connectivity index (χ2v) is 17.6. The summed E-state index contributed by atoms with van der Waals surface area (Å²) in [5.74, 6) is 0.0468. The van der Waals surface area contributed by atoms with Crippen LogP contribution in [0.4, 0.5) is 4.79 Å². The molecule has 3 amide bonds. The molecule has 6 atom stereocenters. The molecule has 1 saturated carbocycles. The lowest BCUT2D eigenvalue weighted by molar-refractivity contribution is -0.133. The van der Waals surface area contributed by atoms with E-state index in [1.54, 1.807) is 13.8 Å². The van der Waals surface area contributed by atoms with Crippen molar-refractivity contribution in [2.75, 3.05) is 19.3 Å². The lowest BCUT2D eigenvalue weighted by Crippen LogP contribution is -2.64. The average Bonchev–Trinajstić information content (AvgIpc) is 2.93. The standard InChI is InChI=1S/C34H56N4O7S/c1-22(2)45-32(42)36-29(34(6,7)46(8,43)44)31(41)35-26(18-23-14-10-9-11-15-23)28(39)21-38-20-25-17-13-12-16-24(25)19-27(38)30(40)37-33(3,4)5/h9-11,14-15,22,24-29,39H,12-13,16-21H2,1-8H3,(H,35,41)(H,36,42)(H,37,40). The van der Waals surface area contributed by atoms with Gasteiger partial charge in [0.15, 0.2) is 9.84 Å². The molecule has 0 radical (unpaired) electrons. The summed E-state index contributed by atoms with van der Waals surface area (Å²) in [5, 5.41) is 20.3. The number of carbonyl (C=O) groups is 3. The highest BCUT2D eigenvalue weighted by Crippen LogP contribution is 2.39. The van der Waals surface area contributed by atoms with Crippen LogP contribution in [0, 0.1) is 11.8 Å². The van der Waals surface area contributed by atoms with Gasteiger partial charge in [-0.3, -0.25) is 14.5 Å². The Morgan fingerprint density at radius 3 is 2.17 bits per heavy atom. The summed E-state index contributed by atoms with van der Waals surface area (Å²) in [5.41, 5.74) is 0.436. The van der Waals surface area contributed by atoms with Gasteiger partial charge in [0.25, 0.3) is 0 Å². The van der Waals surface area contributed by atoms with Gasteiger partial charge in [-0.25, -0.2) is 13.2 Å². The summed E-state index contributed by atoms with van der Waals surface area (Å²) in [4.78, 5) is 42.2. The fraction of sp³-hybridized carbons (Fsp3) is 0.735. The fourth-order valence-corrected chi connectivity index (χ4v) is 7.14. The predicted molar refractivity (Wildman–Crippen MR) is 179 cm³/mol. The number of aliphatic hydroxyl groups excluding tert-OH is 1. The van der Waals surface area contributed by atoms with E-state index in [-0.39, 0.29) is 18.9 Å². The zero-order chi connectivity index (χ0) is 34.4. The van der Waals surface area contributed by atoms with E-state index in [9.17, 15) is 27.9 Å². The molecule has 0 spiro atoms. The summed E-state index contributed by atoms with van der Waals surface area (Å²) < 4.78 is 29.1. The molecule has 1 saturated heterocycles. The maximum atomic E-state index is 13.9. The number of piperidine rings is 1. The largest absolute Gasteiger partial charge is 0.447 e. The highest BCUT2D eigenvalue weighted by atomic mass is 32.2. The van der Waals surface area contributed by atoms with Crippen molar-refractivity contribution < 1.29 is 32.6 Å². The molecule has 12 heteroatoms. The second kappa shape index (κ2) is 15.5. The van der Waals surface area contributed by atoms with Crippen LogP contribution in [-0.2, 0) is 30.6 Å². The molecule has 6 unspecified atom stereocenters. The van der Waals surface area contributed by atoms with Gasteiger partial charge in [-0.1, -0.05) is 49.6 Å². The average molecular weight is 665 g/mol. The summed E-state index contributed by atoms with van der Waals surface area (Å²) in [6, 6.07) is 6.57. The molecule has 1 aliphatic carbocycles. The van der Waals surface area contributed by atoms with E-state index in [2.05, 4.69) is 20.9 Å². The number of hydrogen-bond acceptors (Lipinski definition) is 8. The number of fused-ring (bicyclic) bond motifs is 1. The van der Waals surface area contributed by atoms with E-state index in [1.807, 2.05) is 51.1 Å². The first kappa shape index (κ1) is 37.8. The summed E-state index contributed by atoms with van der Waals surface area (Å²) in [6.45, 7) is 12.7. The number of nitrogens with one attached hydrogen (secondary N) is 3. The Balaban J connectivity index is 1.92. The number of ether oxygens (including phenoxy) is 1. The van der Waals surface area contributed by atoms with Crippen LogP contribution in [0.3, 0.4) is 0 Å². The number of nitrogens with zero attached hydrogens (tertiary/aromatic N) is 1. The first-order chi connectivity index (χ1) is 21.3. The van der Waals surface area contributed by atoms with Crippen molar-refractivity contribution in [1.29, 1.82) is 0 Å². The van der Waals surface area contributed by atoms with Gasteiger partial charge in [-0.05, 0) is 85.1 Å². The van der Waals surface area contributed by atoms with Gasteiger partial charge in [0.2, 0.25) is 11.8 Å². The molecule has 0 bridgehead atoms. The van der Waals surface area contributed by atoms with Crippen molar-refractivity contribution in [1.82, 2.24) is 20.9 Å². The third kappa shape index (κ3) is 10.4. The Morgan fingerprint density at radius 1 is 1.00 bits per heavy atom. The molecule has 2 aliphatic rings. The molecule has 1 aromatic rings. The molecule has 46 heavy (non-hydrogen) atoms. The molecule has 1 aliphatic heterocycles. The maximum Gasteiger partial charge on any atom is 0.408 e. The van der Waals surface area contributed by atoms with Crippen molar-refractivity contribution in [3.8, 4) is 0 Å². The number of rotatable bonds is 12. The van der Waals surface area contributed by atoms with Crippen molar-refractivity contribution in [2.45, 2.75) is 128 Å². The minimum Gasteiger partial charge on any atom is -0.447 e. The molecule has 4 N–H and O–H groups in total. The molecular weight excluding hydrogens is 608 g/mol. The van der Waals surface area contributed by atoms with E-state index in [4.69, 9.17) is 4.74 Å². The zero-order valence-electron chi connectivity index (χ0n) is 28.8. The first-order valence-corrected chi connectivity index (χ1v) is 18.4.